The van der Waals surface area contributed by atoms with Gasteiger partial charge >= 0.3 is 0 Å². The maximum atomic E-state index is 2.54. The number of hydrogen-bond acceptors (Lipinski definition) is 2. The number of nitrogens with zero attached hydrogens (tertiary/aromatic N) is 2. The standard InChI is InChI=1S/C62H44N2S/c1-41-36-47(43-18-6-3-7-19-43)32-35-57(41)64(61-42(2)37-48(44-20-8-4-9-21-44)38-54(61)45-22-10-5-11-23-45)50-39-55(62-56(40-50)53-26-14-17-29-60(53)65-62)46-30-33-49(34-31-46)63-58-27-15-12-24-51(58)52-25-13-16-28-59(52)63/h3-40H,1-2H3. The second-order valence-electron chi connectivity index (χ2n) is 17.0. The fraction of sp³-hybridized carbons (Fsp3) is 0.0323. The fourth-order valence-corrected chi connectivity index (χ4v) is 11.2. The van der Waals surface area contributed by atoms with Gasteiger partial charge in [0.1, 0.15) is 0 Å². The monoisotopic (exact) mass is 848 g/mol. The van der Waals surface area contributed by atoms with E-state index < -0.39 is 0 Å². The van der Waals surface area contributed by atoms with Crippen molar-refractivity contribution < 1.29 is 0 Å². The average molecular weight is 849 g/mol. The molecule has 0 aliphatic carbocycles. The van der Waals surface area contributed by atoms with Gasteiger partial charge in [0, 0.05) is 59.1 Å². The lowest BCUT2D eigenvalue weighted by Gasteiger charge is -2.32. The number of rotatable bonds is 8. The Bertz CT molecular complexity index is 3660. The summed E-state index contributed by atoms with van der Waals surface area (Å²) in [6.45, 7) is 4.54. The maximum absolute atomic E-state index is 2.54. The van der Waals surface area contributed by atoms with Crippen molar-refractivity contribution >= 4 is 70.4 Å². The summed E-state index contributed by atoms with van der Waals surface area (Å²) in [5.74, 6) is 0. The molecule has 10 aromatic carbocycles. The molecule has 0 saturated carbocycles. The number of aryl methyl sites for hydroxylation is 2. The van der Waals surface area contributed by atoms with E-state index in [4.69, 9.17) is 0 Å². The Morgan fingerprint density at radius 2 is 0.892 bits per heavy atom. The Kier molecular flexibility index (Phi) is 9.51. The molecule has 0 fully saturated rings. The quantitative estimate of drug-likeness (QED) is 0.148. The van der Waals surface area contributed by atoms with Crippen molar-refractivity contribution in [3.05, 3.63) is 242 Å². The predicted molar refractivity (Wildman–Crippen MR) is 280 cm³/mol. The molecule has 0 bridgehead atoms. The molecule has 65 heavy (non-hydrogen) atoms. The molecular weight excluding hydrogens is 805 g/mol. The lowest BCUT2D eigenvalue weighted by atomic mass is 9.92. The van der Waals surface area contributed by atoms with Gasteiger partial charge in [-0.2, -0.15) is 0 Å². The van der Waals surface area contributed by atoms with Crippen LogP contribution in [0.5, 0.6) is 0 Å². The van der Waals surface area contributed by atoms with E-state index in [1.807, 2.05) is 11.3 Å². The van der Waals surface area contributed by atoms with E-state index in [-0.39, 0.29) is 0 Å². The van der Waals surface area contributed by atoms with Crippen LogP contribution in [0.2, 0.25) is 0 Å². The first-order valence-electron chi connectivity index (χ1n) is 22.3. The largest absolute Gasteiger partial charge is 0.309 e. The molecule has 0 spiro atoms. The highest BCUT2D eigenvalue weighted by Gasteiger charge is 2.25. The van der Waals surface area contributed by atoms with E-state index in [1.54, 1.807) is 0 Å². The van der Waals surface area contributed by atoms with Crippen LogP contribution in [0.3, 0.4) is 0 Å². The first-order chi connectivity index (χ1) is 32.1. The van der Waals surface area contributed by atoms with Crippen LogP contribution in [0.4, 0.5) is 17.1 Å². The fourth-order valence-electron chi connectivity index (χ4n) is 9.96. The molecule has 0 radical (unpaired) electrons. The zero-order chi connectivity index (χ0) is 43.4. The summed E-state index contributed by atoms with van der Waals surface area (Å²) in [7, 11) is 0. The van der Waals surface area contributed by atoms with Crippen molar-refractivity contribution in [3.63, 3.8) is 0 Å². The summed E-state index contributed by atoms with van der Waals surface area (Å²) in [4.78, 5) is 2.54. The van der Waals surface area contributed by atoms with E-state index in [2.05, 4.69) is 254 Å². The third-order valence-corrected chi connectivity index (χ3v) is 14.2. The third-order valence-electron chi connectivity index (χ3n) is 13.0. The molecule has 0 N–H and O–H groups in total. The second kappa shape index (κ2) is 16.0. The molecule has 2 aromatic heterocycles. The second-order valence-corrected chi connectivity index (χ2v) is 18.1. The molecule has 0 aliphatic heterocycles. The Labute approximate surface area is 383 Å². The molecule has 2 heterocycles. The van der Waals surface area contributed by atoms with E-state index >= 15 is 0 Å². The van der Waals surface area contributed by atoms with Crippen LogP contribution in [-0.4, -0.2) is 4.57 Å². The van der Waals surface area contributed by atoms with E-state index in [1.165, 1.54) is 97.6 Å². The highest BCUT2D eigenvalue weighted by Crippen LogP contribution is 2.50. The smallest absolute Gasteiger partial charge is 0.0569 e. The minimum Gasteiger partial charge on any atom is -0.309 e. The van der Waals surface area contributed by atoms with Crippen molar-refractivity contribution in [2.75, 3.05) is 4.90 Å². The minimum atomic E-state index is 1.12. The van der Waals surface area contributed by atoms with Crippen molar-refractivity contribution in [2.24, 2.45) is 0 Å². The summed E-state index contributed by atoms with van der Waals surface area (Å²) in [5.41, 5.74) is 19.0. The van der Waals surface area contributed by atoms with Crippen molar-refractivity contribution in [1.82, 2.24) is 4.57 Å². The molecule has 2 nitrogen and oxygen atoms in total. The van der Waals surface area contributed by atoms with Gasteiger partial charge in [0.15, 0.2) is 0 Å². The Hall–Kier alpha value is -7.98. The molecule has 12 rings (SSSR count). The number of fused-ring (bicyclic) bond motifs is 6. The van der Waals surface area contributed by atoms with Gasteiger partial charge in [-0.3, -0.25) is 0 Å². The number of anilines is 3. The van der Waals surface area contributed by atoms with Gasteiger partial charge in [0.25, 0.3) is 0 Å². The van der Waals surface area contributed by atoms with Gasteiger partial charge in [-0.05, 0) is 125 Å². The average Bonchev–Trinajstić information content (AvgIpc) is 3.91. The molecule has 12 aromatic rings. The molecular formula is C62H44N2S. The van der Waals surface area contributed by atoms with Crippen molar-refractivity contribution in [3.8, 4) is 50.2 Å². The molecule has 3 heteroatoms. The Morgan fingerprint density at radius 1 is 0.369 bits per heavy atom. The number of thiophene rings is 1. The minimum absolute atomic E-state index is 1.12. The lowest BCUT2D eigenvalue weighted by Crippen LogP contribution is -2.14. The zero-order valence-electron chi connectivity index (χ0n) is 36.2. The van der Waals surface area contributed by atoms with Crippen molar-refractivity contribution in [1.29, 1.82) is 0 Å². The molecule has 0 unspecified atom stereocenters. The highest BCUT2D eigenvalue weighted by molar-refractivity contribution is 7.26. The van der Waals surface area contributed by atoms with Crippen LogP contribution in [0.1, 0.15) is 11.1 Å². The first kappa shape index (κ1) is 38.7. The Morgan fingerprint density at radius 3 is 1.54 bits per heavy atom. The maximum Gasteiger partial charge on any atom is 0.0569 e. The van der Waals surface area contributed by atoms with E-state index in [9.17, 15) is 0 Å². The number of aromatic nitrogens is 1. The van der Waals surface area contributed by atoms with Crippen molar-refractivity contribution in [2.45, 2.75) is 13.8 Å². The summed E-state index contributed by atoms with van der Waals surface area (Å²) in [5, 5.41) is 5.06. The van der Waals surface area contributed by atoms with Gasteiger partial charge in [-0.1, -0.05) is 164 Å². The van der Waals surface area contributed by atoms with Crippen LogP contribution in [0.15, 0.2) is 231 Å². The van der Waals surface area contributed by atoms with Gasteiger partial charge in [0.05, 0.1) is 16.7 Å². The molecule has 0 aliphatic rings. The third kappa shape index (κ3) is 6.72. The molecule has 0 amide bonds. The van der Waals surface area contributed by atoms with E-state index in [0.717, 1.165) is 22.7 Å². The summed E-state index contributed by atoms with van der Waals surface area (Å²) in [6, 6.07) is 84.5. The summed E-state index contributed by atoms with van der Waals surface area (Å²) >= 11 is 1.88. The van der Waals surface area contributed by atoms with Gasteiger partial charge in [-0.15, -0.1) is 11.3 Å². The normalized spacial score (nSPS) is 11.5. The SMILES string of the molecule is Cc1cc(-c2ccccc2)ccc1N(c1cc(-c2ccc(-n3c4ccccc4c4ccccc43)cc2)c2sc3ccccc3c2c1)c1c(C)cc(-c2ccccc2)cc1-c1ccccc1. The number of hydrogen-bond donors (Lipinski definition) is 0. The summed E-state index contributed by atoms with van der Waals surface area (Å²) < 4.78 is 4.97. The van der Waals surface area contributed by atoms with Gasteiger partial charge in [-0.25, -0.2) is 0 Å². The van der Waals surface area contributed by atoms with Crippen LogP contribution in [-0.2, 0) is 0 Å². The van der Waals surface area contributed by atoms with E-state index in [0.29, 0.717) is 0 Å². The lowest BCUT2D eigenvalue weighted by molar-refractivity contribution is 1.18. The van der Waals surface area contributed by atoms with Crippen LogP contribution >= 0.6 is 11.3 Å². The number of benzene rings is 10. The van der Waals surface area contributed by atoms with Gasteiger partial charge in [0.2, 0.25) is 0 Å². The zero-order valence-corrected chi connectivity index (χ0v) is 37.1. The van der Waals surface area contributed by atoms with Crippen LogP contribution in [0.25, 0.3) is 92.2 Å². The topological polar surface area (TPSA) is 8.17 Å². The molecule has 0 saturated heterocycles. The van der Waals surface area contributed by atoms with Crippen LogP contribution in [0, 0.1) is 13.8 Å². The van der Waals surface area contributed by atoms with Crippen LogP contribution < -0.4 is 4.90 Å². The molecule has 0 atom stereocenters. The first-order valence-corrected chi connectivity index (χ1v) is 23.1. The molecule has 308 valence electrons. The van der Waals surface area contributed by atoms with Gasteiger partial charge < -0.3 is 9.47 Å². The Balaban J connectivity index is 1.11. The predicted octanol–water partition coefficient (Wildman–Crippen LogP) is 17.9. The number of para-hydroxylation sites is 2. The highest BCUT2D eigenvalue weighted by atomic mass is 32.1. The summed E-state index contributed by atoms with van der Waals surface area (Å²) in [6.07, 6.45) is 0.